The molecular formula is C22H21O2P. The molecule has 0 bridgehead atoms. The van der Waals surface area contributed by atoms with E-state index in [9.17, 15) is 9.90 Å². The molecule has 0 unspecified atom stereocenters. The van der Waals surface area contributed by atoms with E-state index in [1.807, 2.05) is 18.2 Å². The normalized spacial score (nSPS) is 11.2. The molecule has 3 rings (SSSR count). The highest BCUT2D eigenvalue weighted by atomic mass is 31.2. The molecule has 0 aromatic heterocycles. The number of rotatable bonds is 7. The summed E-state index contributed by atoms with van der Waals surface area (Å²) in [7, 11) is -1.90. The molecular weight excluding hydrogens is 327 g/mol. The van der Waals surface area contributed by atoms with Crippen molar-refractivity contribution >= 4 is 29.1 Å². The molecule has 0 amide bonds. The molecule has 3 aromatic carbocycles. The van der Waals surface area contributed by atoms with Crippen LogP contribution in [0.4, 0.5) is 0 Å². The van der Waals surface area contributed by atoms with Gasteiger partial charge in [-0.05, 0) is 49.2 Å². The van der Waals surface area contributed by atoms with Crippen LogP contribution >= 0.6 is 7.26 Å². The first kappa shape index (κ1) is 17.4. The predicted octanol–water partition coefficient (Wildman–Crippen LogP) is 2.51. The third kappa shape index (κ3) is 3.81. The van der Waals surface area contributed by atoms with E-state index in [0.717, 1.165) is 6.16 Å². The minimum atomic E-state index is -1.90. The maximum Gasteiger partial charge on any atom is 0.112 e. The first-order valence-corrected chi connectivity index (χ1v) is 10.5. The lowest BCUT2D eigenvalue weighted by Crippen LogP contribution is -2.34. The molecule has 0 spiro atoms. The smallest absolute Gasteiger partial charge is 0.112 e. The van der Waals surface area contributed by atoms with Gasteiger partial charge in [-0.25, -0.2) is 0 Å². The van der Waals surface area contributed by atoms with Crippen LogP contribution in [0.15, 0.2) is 91.0 Å². The molecule has 0 N–H and O–H groups in total. The Bertz CT molecular complexity index is 705. The molecule has 2 nitrogen and oxygen atoms in total. The van der Waals surface area contributed by atoms with Gasteiger partial charge < -0.3 is 9.90 Å². The Morgan fingerprint density at radius 1 is 0.680 bits per heavy atom. The Morgan fingerprint density at radius 3 is 1.36 bits per heavy atom. The van der Waals surface area contributed by atoms with Crippen molar-refractivity contribution < 1.29 is 9.90 Å². The molecule has 0 aliphatic rings. The summed E-state index contributed by atoms with van der Waals surface area (Å²) in [4.78, 5) is 11.0. The average molecular weight is 348 g/mol. The number of carboxylic acids is 1. The maximum absolute atomic E-state index is 11.0. The SMILES string of the molecule is O=C([O-])CCC[P+](c1ccccc1)(c1ccccc1)c1ccccc1. The van der Waals surface area contributed by atoms with E-state index in [0.29, 0.717) is 6.42 Å². The zero-order valence-corrected chi connectivity index (χ0v) is 14.9. The Morgan fingerprint density at radius 2 is 1.04 bits per heavy atom. The molecule has 3 heteroatoms. The zero-order valence-electron chi connectivity index (χ0n) is 14.0. The van der Waals surface area contributed by atoms with Crippen molar-refractivity contribution in [3.05, 3.63) is 91.0 Å². The Labute approximate surface area is 149 Å². The summed E-state index contributed by atoms with van der Waals surface area (Å²) < 4.78 is 0. The number of benzene rings is 3. The molecule has 3 aromatic rings. The first-order chi connectivity index (χ1) is 12.2. The van der Waals surface area contributed by atoms with Crippen molar-refractivity contribution in [2.24, 2.45) is 0 Å². The van der Waals surface area contributed by atoms with Crippen LogP contribution < -0.4 is 21.0 Å². The summed E-state index contributed by atoms with van der Waals surface area (Å²) in [6.07, 6.45) is 1.52. The highest BCUT2D eigenvalue weighted by Gasteiger charge is 2.44. The summed E-state index contributed by atoms with van der Waals surface area (Å²) in [5.41, 5.74) is 0. The Balaban J connectivity index is 2.18. The Hall–Kier alpha value is -2.44. The van der Waals surface area contributed by atoms with Crippen molar-refractivity contribution in [2.45, 2.75) is 12.8 Å². The summed E-state index contributed by atoms with van der Waals surface area (Å²) in [6, 6.07) is 31.5. The summed E-state index contributed by atoms with van der Waals surface area (Å²) in [6.45, 7) is 0. The van der Waals surface area contributed by atoms with Crippen LogP contribution in [0.2, 0.25) is 0 Å². The Kier molecular flexibility index (Phi) is 5.63. The van der Waals surface area contributed by atoms with Crippen LogP contribution in [0.1, 0.15) is 12.8 Å². The van der Waals surface area contributed by atoms with Crippen LogP contribution in [-0.4, -0.2) is 12.1 Å². The maximum atomic E-state index is 11.0. The van der Waals surface area contributed by atoms with E-state index in [4.69, 9.17) is 0 Å². The molecule has 0 atom stereocenters. The van der Waals surface area contributed by atoms with E-state index in [1.54, 1.807) is 0 Å². The van der Waals surface area contributed by atoms with E-state index in [-0.39, 0.29) is 6.42 Å². The fraction of sp³-hybridized carbons (Fsp3) is 0.136. The van der Waals surface area contributed by atoms with Gasteiger partial charge in [0.15, 0.2) is 0 Å². The van der Waals surface area contributed by atoms with Crippen molar-refractivity contribution in [2.75, 3.05) is 6.16 Å². The third-order valence-corrected chi connectivity index (χ3v) is 8.99. The van der Waals surface area contributed by atoms with Crippen molar-refractivity contribution in [3.63, 3.8) is 0 Å². The van der Waals surface area contributed by atoms with Gasteiger partial charge in [-0.3, -0.25) is 0 Å². The zero-order chi connectivity index (χ0) is 17.5. The lowest BCUT2D eigenvalue weighted by molar-refractivity contribution is -0.305. The van der Waals surface area contributed by atoms with Crippen molar-refractivity contribution in [3.8, 4) is 0 Å². The highest BCUT2D eigenvalue weighted by molar-refractivity contribution is 7.95. The van der Waals surface area contributed by atoms with Gasteiger partial charge in [0.2, 0.25) is 0 Å². The van der Waals surface area contributed by atoms with E-state index < -0.39 is 13.2 Å². The number of aliphatic carboxylic acids is 1. The van der Waals surface area contributed by atoms with Gasteiger partial charge in [-0.15, -0.1) is 0 Å². The molecule has 0 saturated carbocycles. The molecule has 126 valence electrons. The summed E-state index contributed by atoms with van der Waals surface area (Å²) in [5.74, 6) is -0.979. The number of hydrogen-bond donors (Lipinski definition) is 0. The second-order valence-electron chi connectivity index (χ2n) is 6.02. The van der Waals surface area contributed by atoms with E-state index in [2.05, 4.69) is 72.8 Å². The molecule has 0 aliphatic carbocycles. The second-order valence-corrected chi connectivity index (χ2v) is 9.63. The number of hydrogen-bond acceptors (Lipinski definition) is 2. The lowest BCUT2D eigenvalue weighted by atomic mass is 10.3. The monoisotopic (exact) mass is 348 g/mol. The molecule has 0 saturated heterocycles. The number of carboxylic acid groups (broad SMARTS) is 1. The predicted molar refractivity (Wildman–Crippen MR) is 104 cm³/mol. The topological polar surface area (TPSA) is 40.1 Å². The fourth-order valence-corrected chi connectivity index (χ4v) is 7.69. The van der Waals surface area contributed by atoms with Crippen LogP contribution in [0.25, 0.3) is 0 Å². The number of carbonyl (C=O) groups excluding carboxylic acids is 1. The van der Waals surface area contributed by atoms with Gasteiger partial charge in [0.25, 0.3) is 0 Å². The summed E-state index contributed by atoms with van der Waals surface area (Å²) in [5, 5.41) is 14.8. The molecule has 0 fully saturated rings. The van der Waals surface area contributed by atoms with Crippen LogP contribution in [-0.2, 0) is 4.79 Å². The average Bonchev–Trinajstić information content (AvgIpc) is 2.67. The molecule has 0 radical (unpaired) electrons. The van der Waals surface area contributed by atoms with Gasteiger partial charge in [-0.1, -0.05) is 54.6 Å². The quantitative estimate of drug-likeness (QED) is 0.616. The highest BCUT2D eigenvalue weighted by Crippen LogP contribution is 2.55. The second kappa shape index (κ2) is 8.09. The van der Waals surface area contributed by atoms with E-state index >= 15 is 0 Å². The van der Waals surface area contributed by atoms with Crippen molar-refractivity contribution in [1.29, 1.82) is 0 Å². The van der Waals surface area contributed by atoms with Gasteiger partial charge >= 0.3 is 0 Å². The van der Waals surface area contributed by atoms with Gasteiger partial charge in [0.1, 0.15) is 23.2 Å². The van der Waals surface area contributed by atoms with E-state index in [1.165, 1.54) is 15.9 Å². The first-order valence-electron chi connectivity index (χ1n) is 8.48. The van der Waals surface area contributed by atoms with Gasteiger partial charge in [0.05, 0.1) is 6.16 Å². The van der Waals surface area contributed by atoms with Gasteiger partial charge in [-0.2, -0.15) is 0 Å². The minimum Gasteiger partial charge on any atom is -0.550 e. The fourth-order valence-electron chi connectivity index (χ4n) is 3.34. The lowest BCUT2D eigenvalue weighted by Gasteiger charge is -2.27. The summed E-state index contributed by atoms with van der Waals surface area (Å²) >= 11 is 0. The number of carbonyl (C=O) groups is 1. The van der Waals surface area contributed by atoms with Crippen LogP contribution in [0.5, 0.6) is 0 Å². The van der Waals surface area contributed by atoms with Crippen LogP contribution in [0, 0.1) is 0 Å². The van der Waals surface area contributed by atoms with Gasteiger partial charge in [0, 0.05) is 5.97 Å². The largest absolute Gasteiger partial charge is 0.550 e. The standard InChI is InChI=1S/C22H21O2P/c23-22(24)17-10-18-25(19-11-4-1-5-12-19,20-13-6-2-7-14-20)21-15-8-3-9-16-21/h1-9,11-16H,10,17-18H2. The van der Waals surface area contributed by atoms with Crippen LogP contribution in [0.3, 0.4) is 0 Å². The third-order valence-electron chi connectivity index (χ3n) is 4.47. The molecule has 0 aliphatic heterocycles. The molecule has 0 heterocycles. The minimum absolute atomic E-state index is 0.0915. The molecule has 25 heavy (non-hydrogen) atoms. The van der Waals surface area contributed by atoms with Crippen molar-refractivity contribution in [1.82, 2.24) is 0 Å².